The average Bonchev–Trinajstić information content (AvgIpc) is 3.02. The Bertz CT molecular complexity index is 881. The van der Waals surface area contributed by atoms with E-state index in [1.807, 2.05) is 26.8 Å². The molecule has 26 heavy (non-hydrogen) atoms. The smallest absolute Gasteiger partial charge is 0.254 e. The van der Waals surface area contributed by atoms with Crippen molar-refractivity contribution in [1.82, 2.24) is 14.6 Å². The molecule has 0 aliphatic carbocycles. The second kappa shape index (κ2) is 8.15. The summed E-state index contributed by atoms with van der Waals surface area (Å²) in [7, 11) is 1.74. The van der Waals surface area contributed by atoms with Crippen LogP contribution in [-0.2, 0) is 4.74 Å². The predicted molar refractivity (Wildman–Crippen MR) is 102 cm³/mol. The van der Waals surface area contributed by atoms with E-state index in [4.69, 9.17) is 10.5 Å². The lowest BCUT2D eigenvalue weighted by Crippen LogP contribution is -2.13. The van der Waals surface area contributed by atoms with Gasteiger partial charge < -0.3 is 21.1 Å². The lowest BCUT2D eigenvalue weighted by Gasteiger charge is -2.15. The minimum absolute atomic E-state index is 0.0721. The van der Waals surface area contributed by atoms with Gasteiger partial charge in [0.05, 0.1) is 12.3 Å². The molecule has 0 aliphatic heterocycles. The number of nitrogens with zero attached hydrogens (tertiary/aromatic N) is 4. The van der Waals surface area contributed by atoms with E-state index in [-0.39, 0.29) is 11.7 Å². The molecule has 2 heterocycles. The fraction of sp³-hybridized carbons (Fsp3) is 0.294. The van der Waals surface area contributed by atoms with Crippen molar-refractivity contribution in [3.05, 3.63) is 41.6 Å². The maximum absolute atomic E-state index is 11.6. The maximum Gasteiger partial charge on any atom is 0.254 e. The number of rotatable bonds is 8. The van der Waals surface area contributed by atoms with E-state index in [0.717, 1.165) is 0 Å². The highest BCUT2D eigenvalue weighted by molar-refractivity contribution is 5.98. The van der Waals surface area contributed by atoms with Crippen molar-refractivity contribution >= 4 is 29.9 Å². The second-order valence-corrected chi connectivity index (χ2v) is 5.60. The van der Waals surface area contributed by atoms with E-state index in [2.05, 4.69) is 32.4 Å². The summed E-state index contributed by atoms with van der Waals surface area (Å²) in [5, 5.41) is 10.3. The van der Waals surface area contributed by atoms with E-state index >= 15 is 0 Å². The Balaban J connectivity index is 2.57. The van der Waals surface area contributed by atoms with Crippen molar-refractivity contribution in [3.63, 3.8) is 0 Å². The Hall–Kier alpha value is -3.36. The van der Waals surface area contributed by atoms with Crippen molar-refractivity contribution in [2.24, 2.45) is 10.7 Å². The van der Waals surface area contributed by atoms with Crippen LogP contribution in [0.5, 0.6) is 0 Å². The summed E-state index contributed by atoms with van der Waals surface area (Å²) in [6.07, 6.45) is 4.94. The minimum atomic E-state index is -0.604. The third-order valence-electron chi connectivity index (χ3n) is 3.31. The molecule has 0 bridgehead atoms. The topological polar surface area (TPSA) is 119 Å². The zero-order chi connectivity index (χ0) is 19.3. The largest absolute Gasteiger partial charge is 0.473 e. The summed E-state index contributed by atoms with van der Waals surface area (Å²) >= 11 is 0. The third kappa shape index (κ3) is 4.00. The Morgan fingerprint density at radius 3 is 2.77 bits per heavy atom. The minimum Gasteiger partial charge on any atom is -0.473 e. The molecule has 2 rings (SSSR count). The quantitative estimate of drug-likeness (QED) is 0.378. The lowest BCUT2D eigenvalue weighted by molar-refractivity contribution is 0.100. The van der Waals surface area contributed by atoms with Gasteiger partial charge in [0, 0.05) is 13.1 Å². The normalized spacial score (nSPS) is 12.3. The maximum atomic E-state index is 11.6. The van der Waals surface area contributed by atoms with E-state index < -0.39 is 5.91 Å². The van der Waals surface area contributed by atoms with Crippen LogP contribution in [0.15, 0.2) is 41.0 Å². The fourth-order valence-electron chi connectivity index (χ4n) is 2.26. The molecule has 9 nitrogen and oxygen atoms in total. The molecule has 138 valence electrons. The summed E-state index contributed by atoms with van der Waals surface area (Å²) in [6, 6.07) is 1.74. The molecular weight excluding hydrogens is 334 g/mol. The van der Waals surface area contributed by atoms with Crippen molar-refractivity contribution in [2.45, 2.75) is 26.9 Å². The Morgan fingerprint density at radius 2 is 2.23 bits per heavy atom. The summed E-state index contributed by atoms with van der Waals surface area (Å²) in [4.78, 5) is 20.0. The van der Waals surface area contributed by atoms with Gasteiger partial charge in [0.15, 0.2) is 5.65 Å². The van der Waals surface area contributed by atoms with Gasteiger partial charge in [-0.3, -0.25) is 4.79 Å². The zero-order valence-electron chi connectivity index (χ0n) is 15.3. The van der Waals surface area contributed by atoms with Gasteiger partial charge in [-0.1, -0.05) is 6.08 Å². The van der Waals surface area contributed by atoms with Crippen LogP contribution in [-0.4, -0.2) is 40.4 Å². The highest BCUT2D eigenvalue weighted by atomic mass is 16.5. The average molecular weight is 357 g/mol. The van der Waals surface area contributed by atoms with E-state index in [9.17, 15) is 4.79 Å². The molecule has 0 spiro atoms. The van der Waals surface area contributed by atoms with Crippen LogP contribution >= 0.6 is 0 Å². The first kappa shape index (κ1) is 19.0. The molecule has 1 amide bonds. The number of anilines is 2. The Kier molecular flexibility index (Phi) is 5.94. The molecule has 0 fully saturated rings. The van der Waals surface area contributed by atoms with Gasteiger partial charge in [-0.25, -0.2) is 9.98 Å². The number of aromatic nitrogens is 3. The first-order valence-electron chi connectivity index (χ1n) is 8.05. The number of nitrogens with one attached hydrogen (secondary N) is 2. The van der Waals surface area contributed by atoms with Crippen LogP contribution in [0.2, 0.25) is 0 Å². The van der Waals surface area contributed by atoms with Gasteiger partial charge in [-0.05, 0) is 33.6 Å². The number of allylic oxidation sites excluding steroid dienone is 2. The summed E-state index contributed by atoms with van der Waals surface area (Å²) in [6.45, 7) is 9.22. The number of carbonyl (C=O) groups excluding carboxylic acids is 1. The lowest BCUT2D eigenvalue weighted by atomic mass is 10.3. The van der Waals surface area contributed by atoms with Gasteiger partial charge in [-0.2, -0.15) is 9.61 Å². The predicted octanol–water partition coefficient (Wildman–Crippen LogP) is 2.15. The van der Waals surface area contributed by atoms with E-state index in [1.165, 1.54) is 10.7 Å². The number of primary amides is 1. The van der Waals surface area contributed by atoms with E-state index in [0.29, 0.717) is 28.9 Å². The molecule has 0 radical (unpaired) electrons. The molecule has 0 atom stereocenters. The molecule has 4 N–H and O–H groups in total. The monoisotopic (exact) mass is 357 g/mol. The molecule has 0 saturated carbocycles. The Morgan fingerprint density at radius 1 is 1.50 bits per heavy atom. The number of ether oxygens (including phenoxy) is 1. The number of fused-ring (bicyclic) bond motifs is 1. The van der Waals surface area contributed by atoms with Crippen molar-refractivity contribution in [2.75, 3.05) is 17.7 Å². The Labute approximate surface area is 151 Å². The standard InChI is InChI=1S/C17H23N7O2/c1-6-7-12(17(20-5)26-10(2)3)22-13-8-14(19-4)24-16(23-13)11(9-21-24)15(18)25/h6-10,19H,5H2,1-4H3,(H2,18,25)(H,22,23)/b7-6-,17-12-. The summed E-state index contributed by atoms with van der Waals surface area (Å²) in [5.41, 5.74) is 6.54. The number of carbonyl (C=O) groups is 1. The number of hydrogen-bond acceptors (Lipinski definition) is 7. The third-order valence-corrected chi connectivity index (χ3v) is 3.31. The van der Waals surface area contributed by atoms with Gasteiger partial charge in [0.2, 0.25) is 5.88 Å². The highest BCUT2D eigenvalue weighted by Gasteiger charge is 2.16. The number of hydrogen-bond donors (Lipinski definition) is 3. The molecule has 0 unspecified atom stereocenters. The van der Waals surface area contributed by atoms with Gasteiger partial charge in [0.1, 0.15) is 22.9 Å². The van der Waals surface area contributed by atoms with E-state index in [1.54, 1.807) is 19.2 Å². The van der Waals surface area contributed by atoms with Crippen LogP contribution in [0.1, 0.15) is 31.1 Å². The van der Waals surface area contributed by atoms with Gasteiger partial charge in [0.25, 0.3) is 5.91 Å². The van der Waals surface area contributed by atoms with Gasteiger partial charge >= 0.3 is 0 Å². The fourth-order valence-corrected chi connectivity index (χ4v) is 2.26. The molecular formula is C17H23N7O2. The van der Waals surface area contributed by atoms with Crippen LogP contribution in [0.3, 0.4) is 0 Å². The summed E-state index contributed by atoms with van der Waals surface area (Å²) < 4.78 is 7.18. The molecule has 0 aliphatic rings. The molecule has 0 saturated heterocycles. The van der Waals surface area contributed by atoms with Crippen LogP contribution in [0.4, 0.5) is 11.6 Å². The summed E-state index contributed by atoms with van der Waals surface area (Å²) in [5.74, 6) is 0.830. The molecule has 2 aromatic rings. The van der Waals surface area contributed by atoms with Crippen LogP contribution in [0, 0.1) is 0 Å². The van der Waals surface area contributed by atoms with Gasteiger partial charge in [-0.15, -0.1) is 0 Å². The molecule has 0 aromatic carbocycles. The van der Waals surface area contributed by atoms with Crippen molar-refractivity contribution < 1.29 is 9.53 Å². The second-order valence-electron chi connectivity index (χ2n) is 5.60. The molecule has 2 aromatic heterocycles. The number of amides is 1. The first-order valence-corrected chi connectivity index (χ1v) is 8.05. The SMILES string of the molecule is C=N/C(OC(C)C)=C(\C=C/C)Nc1cc(NC)n2ncc(C(N)=O)c2n1. The highest BCUT2D eigenvalue weighted by Crippen LogP contribution is 2.21. The van der Waals surface area contributed by atoms with Crippen molar-refractivity contribution in [1.29, 1.82) is 0 Å². The molecule has 9 heteroatoms. The van der Waals surface area contributed by atoms with Crippen molar-refractivity contribution in [3.8, 4) is 0 Å². The zero-order valence-corrected chi connectivity index (χ0v) is 15.3. The number of aliphatic imine (C=N–C) groups is 1. The van der Waals surface area contributed by atoms with Crippen LogP contribution < -0.4 is 16.4 Å². The first-order chi connectivity index (χ1) is 12.4. The van der Waals surface area contributed by atoms with Crippen LogP contribution in [0.25, 0.3) is 5.65 Å². The number of nitrogens with two attached hydrogens (primary N) is 1.